The van der Waals surface area contributed by atoms with Crippen molar-refractivity contribution in [3.8, 4) is 0 Å². The first-order chi connectivity index (χ1) is 6.33. The maximum Gasteiger partial charge on any atom is 0.328 e. The van der Waals surface area contributed by atoms with Gasteiger partial charge in [0.25, 0.3) is 0 Å². The SMILES string of the molecule is COC(=O)C1CCN1c1ccsc1. The van der Waals surface area contributed by atoms with Gasteiger partial charge >= 0.3 is 5.97 Å². The smallest absolute Gasteiger partial charge is 0.328 e. The zero-order valence-electron chi connectivity index (χ0n) is 7.40. The third-order valence-corrected chi connectivity index (χ3v) is 3.00. The molecule has 1 aromatic heterocycles. The Kier molecular flexibility index (Phi) is 2.22. The molecular weight excluding hydrogens is 186 g/mol. The number of esters is 1. The summed E-state index contributed by atoms with van der Waals surface area (Å²) in [6, 6.07) is 1.97. The molecule has 1 saturated heterocycles. The van der Waals surface area contributed by atoms with Gasteiger partial charge in [-0.05, 0) is 17.9 Å². The lowest BCUT2D eigenvalue weighted by Crippen LogP contribution is -2.52. The number of hydrogen-bond donors (Lipinski definition) is 0. The fraction of sp³-hybridized carbons (Fsp3) is 0.444. The highest BCUT2D eigenvalue weighted by molar-refractivity contribution is 7.08. The van der Waals surface area contributed by atoms with Crippen LogP contribution in [0.3, 0.4) is 0 Å². The molecule has 0 bridgehead atoms. The Morgan fingerprint density at radius 1 is 1.77 bits per heavy atom. The van der Waals surface area contributed by atoms with Crippen molar-refractivity contribution in [1.29, 1.82) is 0 Å². The Hall–Kier alpha value is -1.03. The number of anilines is 1. The molecule has 2 heterocycles. The molecule has 1 unspecified atom stereocenters. The van der Waals surface area contributed by atoms with Crippen LogP contribution in [-0.4, -0.2) is 25.7 Å². The monoisotopic (exact) mass is 197 g/mol. The Morgan fingerprint density at radius 2 is 2.62 bits per heavy atom. The van der Waals surface area contributed by atoms with Gasteiger partial charge in [0.05, 0.1) is 7.11 Å². The quantitative estimate of drug-likeness (QED) is 0.673. The van der Waals surface area contributed by atoms with E-state index >= 15 is 0 Å². The molecule has 0 amide bonds. The summed E-state index contributed by atoms with van der Waals surface area (Å²) >= 11 is 1.64. The summed E-state index contributed by atoms with van der Waals surface area (Å²) in [6.07, 6.45) is 0.905. The highest BCUT2D eigenvalue weighted by Crippen LogP contribution is 2.28. The van der Waals surface area contributed by atoms with E-state index < -0.39 is 0 Å². The van der Waals surface area contributed by atoms with Gasteiger partial charge in [-0.2, -0.15) is 11.3 Å². The number of carbonyl (C=O) groups is 1. The summed E-state index contributed by atoms with van der Waals surface area (Å²) in [7, 11) is 1.44. The van der Waals surface area contributed by atoms with Crippen LogP contribution < -0.4 is 4.90 Å². The minimum absolute atomic E-state index is 0.0559. The molecule has 1 fully saturated rings. The van der Waals surface area contributed by atoms with Crippen molar-refractivity contribution in [2.24, 2.45) is 0 Å². The first-order valence-electron chi connectivity index (χ1n) is 4.19. The number of carbonyl (C=O) groups excluding carboxylic acids is 1. The molecule has 1 aromatic rings. The van der Waals surface area contributed by atoms with E-state index in [0.29, 0.717) is 0 Å². The Labute approximate surface area is 80.9 Å². The number of rotatable bonds is 2. The van der Waals surface area contributed by atoms with E-state index in [1.165, 1.54) is 7.11 Å². The molecule has 0 saturated carbocycles. The topological polar surface area (TPSA) is 29.5 Å². The molecule has 0 radical (unpaired) electrons. The van der Waals surface area contributed by atoms with Crippen molar-refractivity contribution in [3.63, 3.8) is 0 Å². The van der Waals surface area contributed by atoms with Gasteiger partial charge < -0.3 is 9.64 Å². The fourth-order valence-electron chi connectivity index (χ4n) is 1.50. The largest absolute Gasteiger partial charge is 0.467 e. The molecular formula is C9H11NO2S. The molecule has 0 N–H and O–H groups in total. The van der Waals surface area contributed by atoms with Crippen LogP contribution in [0, 0.1) is 0 Å². The summed E-state index contributed by atoms with van der Waals surface area (Å²) in [5.74, 6) is -0.127. The van der Waals surface area contributed by atoms with Gasteiger partial charge in [-0.1, -0.05) is 0 Å². The minimum Gasteiger partial charge on any atom is -0.467 e. The van der Waals surface area contributed by atoms with Crippen molar-refractivity contribution in [2.45, 2.75) is 12.5 Å². The van der Waals surface area contributed by atoms with Gasteiger partial charge in [-0.3, -0.25) is 0 Å². The summed E-state index contributed by atoms with van der Waals surface area (Å²) in [4.78, 5) is 13.3. The van der Waals surface area contributed by atoms with Crippen LogP contribution in [-0.2, 0) is 9.53 Å². The Balaban J connectivity index is 2.07. The third kappa shape index (κ3) is 1.42. The maximum atomic E-state index is 11.2. The van der Waals surface area contributed by atoms with E-state index in [4.69, 9.17) is 4.74 Å². The molecule has 70 valence electrons. The molecule has 1 atom stereocenters. The second-order valence-corrected chi connectivity index (χ2v) is 3.78. The predicted molar refractivity (Wildman–Crippen MR) is 52.1 cm³/mol. The molecule has 2 rings (SSSR count). The van der Waals surface area contributed by atoms with Gasteiger partial charge in [0.1, 0.15) is 6.04 Å². The lowest BCUT2D eigenvalue weighted by molar-refractivity contribution is -0.143. The summed E-state index contributed by atoms with van der Waals surface area (Å²) in [5.41, 5.74) is 1.13. The van der Waals surface area contributed by atoms with Crippen LogP contribution in [0.2, 0.25) is 0 Å². The van der Waals surface area contributed by atoms with Crippen molar-refractivity contribution >= 4 is 23.0 Å². The normalized spacial score (nSPS) is 21.0. The van der Waals surface area contributed by atoms with Gasteiger partial charge in [0, 0.05) is 17.6 Å². The van der Waals surface area contributed by atoms with Crippen LogP contribution in [0.25, 0.3) is 0 Å². The average molecular weight is 197 g/mol. The molecule has 1 aliphatic heterocycles. The zero-order chi connectivity index (χ0) is 9.26. The van der Waals surface area contributed by atoms with Crippen molar-refractivity contribution in [2.75, 3.05) is 18.6 Å². The van der Waals surface area contributed by atoms with Gasteiger partial charge in [0.15, 0.2) is 0 Å². The van der Waals surface area contributed by atoms with Crippen LogP contribution in [0.1, 0.15) is 6.42 Å². The van der Waals surface area contributed by atoms with E-state index in [1.807, 2.05) is 11.4 Å². The van der Waals surface area contributed by atoms with Gasteiger partial charge in [0.2, 0.25) is 0 Å². The summed E-state index contributed by atoms with van der Waals surface area (Å²) in [6.45, 7) is 0.955. The number of thiophene rings is 1. The highest BCUT2D eigenvalue weighted by Gasteiger charge is 2.35. The van der Waals surface area contributed by atoms with Gasteiger partial charge in [-0.15, -0.1) is 0 Å². The first kappa shape index (κ1) is 8.56. The fourth-order valence-corrected chi connectivity index (χ4v) is 2.15. The van der Waals surface area contributed by atoms with E-state index in [0.717, 1.165) is 18.7 Å². The number of methoxy groups -OCH3 is 1. The molecule has 13 heavy (non-hydrogen) atoms. The number of nitrogens with zero attached hydrogens (tertiary/aromatic N) is 1. The van der Waals surface area contributed by atoms with Gasteiger partial charge in [-0.25, -0.2) is 4.79 Å². The van der Waals surface area contributed by atoms with Crippen molar-refractivity contribution in [1.82, 2.24) is 0 Å². The molecule has 0 aliphatic carbocycles. The summed E-state index contributed by atoms with van der Waals surface area (Å²) in [5, 5.41) is 4.07. The number of ether oxygens (including phenoxy) is 1. The standard InChI is InChI=1S/C9H11NO2S/c1-12-9(11)8-2-4-10(8)7-3-5-13-6-7/h3,5-6,8H,2,4H2,1H3. The number of hydrogen-bond acceptors (Lipinski definition) is 4. The maximum absolute atomic E-state index is 11.2. The molecule has 3 nitrogen and oxygen atoms in total. The predicted octanol–water partition coefficient (Wildman–Crippen LogP) is 1.50. The summed E-state index contributed by atoms with van der Waals surface area (Å²) < 4.78 is 4.71. The van der Waals surface area contributed by atoms with Crippen LogP contribution >= 0.6 is 11.3 Å². The molecule has 1 aliphatic rings. The molecule has 4 heteroatoms. The van der Waals surface area contributed by atoms with Crippen LogP contribution in [0.15, 0.2) is 16.8 Å². The van der Waals surface area contributed by atoms with E-state index in [1.54, 1.807) is 11.3 Å². The zero-order valence-corrected chi connectivity index (χ0v) is 8.21. The highest BCUT2D eigenvalue weighted by atomic mass is 32.1. The van der Waals surface area contributed by atoms with Crippen molar-refractivity contribution < 1.29 is 9.53 Å². The lowest BCUT2D eigenvalue weighted by Gasteiger charge is -2.39. The van der Waals surface area contributed by atoms with Crippen LogP contribution in [0.5, 0.6) is 0 Å². The van der Waals surface area contributed by atoms with E-state index in [9.17, 15) is 4.79 Å². The van der Waals surface area contributed by atoms with Crippen LogP contribution in [0.4, 0.5) is 5.69 Å². The average Bonchev–Trinajstić information content (AvgIpc) is 2.55. The lowest BCUT2D eigenvalue weighted by atomic mass is 10.0. The second kappa shape index (κ2) is 3.38. The Bertz CT molecular complexity index is 297. The Morgan fingerprint density at radius 3 is 3.08 bits per heavy atom. The second-order valence-electron chi connectivity index (χ2n) is 3.00. The van der Waals surface area contributed by atoms with E-state index in [2.05, 4.69) is 10.3 Å². The third-order valence-electron chi connectivity index (χ3n) is 2.33. The minimum atomic E-state index is -0.127. The molecule has 0 spiro atoms. The van der Waals surface area contributed by atoms with Crippen molar-refractivity contribution in [3.05, 3.63) is 16.8 Å². The molecule has 0 aromatic carbocycles. The first-order valence-corrected chi connectivity index (χ1v) is 5.14. The van der Waals surface area contributed by atoms with E-state index in [-0.39, 0.29) is 12.0 Å².